The van der Waals surface area contributed by atoms with Gasteiger partial charge in [-0.1, -0.05) is 12.1 Å². The van der Waals surface area contributed by atoms with E-state index in [-0.39, 0.29) is 11.3 Å². The van der Waals surface area contributed by atoms with Crippen molar-refractivity contribution in [3.8, 4) is 11.4 Å². The number of halogens is 3. The molecule has 0 fully saturated rings. The van der Waals surface area contributed by atoms with Crippen LogP contribution in [0.3, 0.4) is 0 Å². The molecule has 0 spiro atoms. The van der Waals surface area contributed by atoms with Crippen LogP contribution in [0, 0.1) is 0 Å². The van der Waals surface area contributed by atoms with Gasteiger partial charge in [-0.3, -0.25) is 9.36 Å². The Labute approximate surface area is 166 Å². The molecule has 2 aromatic carbocycles. The molecule has 0 radical (unpaired) electrons. The Hall–Kier alpha value is -3.89. The minimum atomic E-state index is -4.62. The third kappa shape index (κ3) is 4.09. The smallest absolute Gasteiger partial charge is 0.416 e. The van der Waals surface area contributed by atoms with Crippen LogP contribution in [0.25, 0.3) is 5.69 Å². The van der Waals surface area contributed by atoms with E-state index in [0.717, 1.165) is 18.2 Å². The maximum atomic E-state index is 13.0. The average Bonchev–Trinajstić information content (AvgIpc) is 2.71. The van der Waals surface area contributed by atoms with Crippen molar-refractivity contribution in [3.05, 3.63) is 86.2 Å². The number of aromatic carboxylic acids is 1. The number of carboxylic acid groups (broad SMARTS) is 1. The SMILES string of the molecule is COc1ccc(-n2nc(C(=O)O)c(=O)n(Cc3cccc(C(F)(F)F)c3)c2=O)cc1. The van der Waals surface area contributed by atoms with Gasteiger partial charge >= 0.3 is 17.8 Å². The van der Waals surface area contributed by atoms with Gasteiger partial charge in [0.2, 0.25) is 5.69 Å². The van der Waals surface area contributed by atoms with Crippen molar-refractivity contribution < 1.29 is 27.8 Å². The van der Waals surface area contributed by atoms with Gasteiger partial charge in [-0.2, -0.15) is 23.0 Å². The molecule has 0 bridgehead atoms. The molecule has 156 valence electrons. The molecule has 0 saturated heterocycles. The summed E-state index contributed by atoms with van der Waals surface area (Å²) in [4.78, 5) is 36.7. The maximum Gasteiger partial charge on any atom is 0.416 e. The summed E-state index contributed by atoms with van der Waals surface area (Å²) in [7, 11) is 1.43. The molecule has 0 aliphatic carbocycles. The van der Waals surface area contributed by atoms with Crippen LogP contribution in [-0.4, -0.2) is 32.5 Å². The second kappa shape index (κ2) is 7.85. The molecule has 3 aromatic rings. The van der Waals surface area contributed by atoms with Crippen molar-refractivity contribution in [2.45, 2.75) is 12.7 Å². The predicted molar refractivity (Wildman–Crippen MR) is 98.2 cm³/mol. The van der Waals surface area contributed by atoms with Gasteiger partial charge in [0.25, 0.3) is 5.56 Å². The molecule has 0 atom stereocenters. The fraction of sp³-hybridized carbons (Fsp3) is 0.158. The van der Waals surface area contributed by atoms with Crippen molar-refractivity contribution in [2.24, 2.45) is 0 Å². The topological polar surface area (TPSA) is 103 Å². The summed E-state index contributed by atoms with van der Waals surface area (Å²) in [6.45, 7) is -0.569. The number of aromatic nitrogens is 3. The lowest BCUT2D eigenvalue weighted by molar-refractivity contribution is -0.137. The normalized spacial score (nSPS) is 11.3. The lowest BCUT2D eigenvalue weighted by atomic mass is 10.1. The largest absolute Gasteiger partial charge is 0.497 e. The zero-order valence-electron chi connectivity index (χ0n) is 15.4. The number of carbonyl (C=O) groups is 1. The molecule has 1 N–H and O–H groups in total. The van der Waals surface area contributed by atoms with Crippen LogP contribution in [0.4, 0.5) is 13.2 Å². The first kappa shape index (κ1) is 20.8. The van der Waals surface area contributed by atoms with Gasteiger partial charge < -0.3 is 9.84 Å². The zero-order chi connectivity index (χ0) is 22.1. The van der Waals surface area contributed by atoms with E-state index in [4.69, 9.17) is 4.74 Å². The summed E-state index contributed by atoms with van der Waals surface area (Å²) in [5.74, 6) is -1.22. The van der Waals surface area contributed by atoms with Gasteiger partial charge in [0.1, 0.15) is 5.75 Å². The zero-order valence-corrected chi connectivity index (χ0v) is 15.4. The number of ether oxygens (including phenoxy) is 1. The molecule has 0 aliphatic rings. The molecule has 8 nitrogen and oxygen atoms in total. The van der Waals surface area contributed by atoms with E-state index in [1.54, 1.807) is 0 Å². The number of hydrogen-bond donors (Lipinski definition) is 1. The van der Waals surface area contributed by atoms with E-state index in [1.807, 2.05) is 0 Å². The van der Waals surface area contributed by atoms with Crippen LogP contribution < -0.4 is 16.0 Å². The van der Waals surface area contributed by atoms with E-state index in [9.17, 15) is 32.7 Å². The average molecular weight is 421 g/mol. The highest BCUT2D eigenvalue weighted by atomic mass is 19.4. The highest BCUT2D eigenvalue weighted by molar-refractivity contribution is 5.84. The van der Waals surface area contributed by atoms with Crippen molar-refractivity contribution in [2.75, 3.05) is 7.11 Å². The van der Waals surface area contributed by atoms with Gasteiger partial charge in [-0.25, -0.2) is 9.59 Å². The number of carboxylic acids is 1. The minimum absolute atomic E-state index is 0.00663. The van der Waals surface area contributed by atoms with Crippen molar-refractivity contribution in [3.63, 3.8) is 0 Å². The molecule has 30 heavy (non-hydrogen) atoms. The standard InChI is InChI=1S/C19H14F3N3O5/c1-30-14-7-5-13(6-8-14)25-18(29)24(16(26)15(23-25)17(27)28)10-11-3-2-4-12(9-11)19(20,21)22/h2-9H,10H2,1H3,(H,27,28). The summed E-state index contributed by atoms with van der Waals surface area (Å²) in [5, 5.41) is 12.9. The van der Waals surface area contributed by atoms with Gasteiger partial charge in [0.15, 0.2) is 0 Å². The van der Waals surface area contributed by atoms with Crippen LogP contribution in [0.1, 0.15) is 21.6 Å². The maximum absolute atomic E-state index is 13.0. The Bertz CT molecular complexity index is 1210. The van der Waals surface area contributed by atoms with Gasteiger partial charge in [0, 0.05) is 0 Å². The Balaban J connectivity index is 2.17. The molecule has 0 saturated carbocycles. The first-order valence-corrected chi connectivity index (χ1v) is 8.40. The number of rotatable bonds is 5. The lowest BCUT2D eigenvalue weighted by Gasteiger charge is -2.12. The van der Waals surface area contributed by atoms with Crippen LogP contribution in [0.2, 0.25) is 0 Å². The molecule has 0 amide bonds. The Morgan fingerprint density at radius 2 is 1.80 bits per heavy atom. The van der Waals surface area contributed by atoms with Crippen LogP contribution >= 0.6 is 0 Å². The second-order valence-electron chi connectivity index (χ2n) is 6.14. The highest BCUT2D eigenvalue weighted by Crippen LogP contribution is 2.29. The molecule has 11 heteroatoms. The highest BCUT2D eigenvalue weighted by Gasteiger charge is 2.30. The molecule has 0 aliphatic heterocycles. The monoisotopic (exact) mass is 421 g/mol. The quantitative estimate of drug-likeness (QED) is 0.677. The summed E-state index contributed by atoms with van der Waals surface area (Å²) in [6, 6.07) is 9.86. The number of alkyl halides is 3. The molecule has 1 aromatic heterocycles. The van der Waals surface area contributed by atoms with Crippen molar-refractivity contribution in [1.29, 1.82) is 0 Å². The summed E-state index contributed by atoms with van der Waals surface area (Å²) < 4.78 is 45.1. The fourth-order valence-corrected chi connectivity index (χ4v) is 2.71. The molecule has 3 rings (SSSR count). The first-order valence-electron chi connectivity index (χ1n) is 8.40. The Morgan fingerprint density at radius 1 is 1.13 bits per heavy atom. The summed E-state index contributed by atoms with van der Waals surface area (Å²) in [6.07, 6.45) is -4.62. The number of nitrogens with zero attached hydrogens (tertiary/aromatic N) is 3. The Morgan fingerprint density at radius 3 is 2.37 bits per heavy atom. The van der Waals surface area contributed by atoms with Gasteiger partial charge in [0.05, 0.1) is 24.9 Å². The van der Waals surface area contributed by atoms with Crippen LogP contribution in [0.15, 0.2) is 58.1 Å². The Kier molecular flexibility index (Phi) is 5.45. The minimum Gasteiger partial charge on any atom is -0.497 e. The van der Waals surface area contributed by atoms with Gasteiger partial charge in [-0.15, -0.1) is 0 Å². The van der Waals surface area contributed by atoms with Crippen LogP contribution in [0.5, 0.6) is 5.75 Å². The lowest BCUT2D eigenvalue weighted by Crippen LogP contribution is -2.44. The number of methoxy groups -OCH3 is 1. The first-order chi connectivity index (χ1) is 14.1. The van der Waals surface area contributed by atoms with E-state index < -0.39 is 41.2 Å². The van der Waals surface area contributed by atoms with E-state index >= 15 is 0 Å². The van der Waals surface area contributed by atoms with Gasteiger partial charge in [-0.05, 0) is 42.0 Å². The molecular weight excluding hydrogens is 407 g/mol. The summed E-state index contributed by atoms with van der Waals surface area (Å²) in [5.41, 5.74) is -4.01. The predicted octanol–water partition coefficient (Wildman–Crippen LogP) is 2.17. The second-order valence-corrected chi connectivity index (χ2v) is 6.14. The molecular formula is C19H14F3N3O5. The third-order valence-corrected chi connectivity index (χ3v) is 4.17. The van der Waals surface area contributed by atoms with Crippen molar-refractivity contribution >= 4 is 5.97 Å². The van der Waals surface area contributed by atoms with E-state index in [2.05, 4.69) is 5.10 Å². The fourth-order valence-electron chi connectivity index (χ4n) is 2.71. The van der Waals surface area contributed by atoms with E-state index in [1.165, 1.54) is 37.4 Å². The van der Waals surface area contributed by atoms with E-state index in [0.29, 0.717) is 15.0 Å². The molecule has 1 heterocycles. The molecule has 0 unspecified atom stereocenters. The summed E-state index contributed by atoms with van der Waals surface area (Å²) >= 11 is 0. The van der Waals surface area contributed by atoms with Crippen molar-refractivity contribution in [1.82, 2.24) is 14.3 Å². The van der Waals surface area contributed by atoms with Crippen LogP contribution in [-0.2, 0) is 12.7 Å². The third-order valence-electron chi connectivity index (χ3n) is 4.17. The number of hydrogen-bond acceptors (Lipinski definition) is 5. The number of benzene rings is 2.